The zero-order valence-electron chi connectivity index (χ0n) is 9.21. The fraction of sp³-hybridized carbons (Fsp3) is 0.545. The van der Waals surface area contributed by atoms with Crippen LogP contribution in [0.2, 0.25) is 0 Å². The van der Waals surface area contributed by atoms with Gasteiger partial charge in [-0.1, -0.05) is 22.9 Å². The molecule has 1 aromatic rings. The van der Waals surface area contributed by atoms with E-state index >= 15 is 0 Å². The maximum atomic E-state index is 11.6. The molecule has 0 radical (unpaired) electrons. The molecule has 0 aliphatic rings. The smallest absolute Gasteiger partial charge is 0.287 e. The van der Waals surface area contributed by atoms with Crippen molar-refractivity contribution in [3.05, 3.63) is 23.7 Å². The monoisotopic (exact) mass is 273 g/mol. The van der Waals surface area contributed by atoms with Crippen molar-refractivity contribution >= 4 is 21.8 Å². The highest BCUT2D eigenvalue weighted by molar-refractivity contribution is 9.09. The molecule has 0 aromatic carbocycles. The second kappa shape index (κ2) is 5.35. The summed E-state index contributed by atoms with van der Waals surface area (Å²) in [6.45, 7) is 5.85. The topological polar surface area (TPSA) is 42.2 Å². The average molecular weight is 274 g/mol. The van der Waals surface area contributed by atoms with E-state index in [2.05, 4.69) is 28.2 Å². The quantitative estimate of drug-likeness (QED) is 0.858. The normalized spacial score (nSPS) is 14.7. The lowest BCUT2D eigenvalue weighted by Crippen LogP contribution is -2.33. The Labute approximate surface area is 98.4 Å². The molecule has 1 heterocycles. The van der Waals surface area contributed by atoms with Gasteiger partial charge in [0.25, 0.3) is 5.91 Å². The van der Waals surface area contributed by atoms with Gasteiger partial charge in [-0.2, -0.15) is 0 Å². The Kier molecular flexibility index (Phi) is 4.39. The van der Waals surface area contributed by atoms with Crippen LogP contribution in [0, 0.1) is 6.92 Å². The van der Waals surface area contributed by atoms with Gasteiger partial charge in [-0.25, -0.2) is 0 Å². The van der Waals surface area contributed by atoms with Crippen molar-refractivity contribution in [1.82, 2.24) is 5.32 Å². The summed E-state index contributed by atoms with van der Waals surface area (Å²) in [5.74, 6) is 0.979. The minimum Gasteiger partial charge on any atom is -0.456 e. The number of carbonyl (C=O) groups excluding carboxylic acids is 1. The van der Waals surface area contributed by atoms with E-state index in [1.54, 1.807) is 12.1 Å². The Morgan fingerprint density at radius 1 is 1.53 bits per heavy atom. The first-order chi connectivity index (χ1) is 6.99. The van der Waals surface area contributed by atoms with Crippen LogP contribution in [-0.2, 0) is 0 Å². The van der Waals surface area contributed by atoms with Gasteiger partial charge in [-0.15, -0.1) is 0 Å². The first-order valence-corrected chi connectivity index (χ1v) is 5.92. The van der Waals surface area contributed by atoms with Crippen molar-refractivity contribution in [2.45, 2.75) is 38.1 Å². The second-order valence-electron chi connectivity index (χ2n) is 3.80. The minimum atomic E-state index is -0.149. The summed E-state index contributed by atoms with van der Waals surface area (Å²) >= 11 is 3.45. The van der Waals surface area contributed by atoms with Crippen LogP contribution in [0.25, 0.3) is 0 Å². The molecule has 0 spiro atoms. The predicted molar refractivity (Wildman–Crippen MR) is 63.4 cm³/mol. The highest BCUT2D eigenvalue weighted by Gasteiger charge is 2.13. The number of halogens is 1. The van der Waals surface area contributed by atoms with Crippen molar-refractivity contribution < 1.29 is 9.21 Å². The molecule has 2 unspecified atom stereocenters. The third-order valence-corrected chi connectivity index (χ3v) is 2.39. The first-order valence-electron chi connectivity index (χ1n) is 5.00. The van der Waals surface area contributed by atoms with Crippen LogP contribution in [0.15, 0.2) is 16.5 Å². The standard InChI is InChI=1S/C11H16BrNO2/c1-7(12)6-8(2)13-11(14)10-5-4-9(3)15-10/h4-5,7-8H,6H2,1-3H3,(H,13,14). The molecule has 1 aromatic heterocycles. The Hall–Kier alpha value is -0.770. The van der Waals surface area contributed by atoms with Gasteiger partial charge in [-0.3, -0.25) is 4.79 Å². The summed E-state index contributed by atoms with van der Waals surface area (Å²) in [6, 6.07) is 3.61. The van der Waals surface area contributed by atoms with Gasteiger partial charge in [0.05, 0.1) is 0 Å². The molecule has 1 amide bonds. The van der Waals surface area contributed by atoms with Gasteiger partial charge in [0.15, 0.2) is 5.76 Å². The highest BCUT2D eigenvalue weighted by Crippen LogP contribution is 2.09. The number of hydrogen-bond acceptors (Lipinski definition) is 2. The number of aryl methyl sites for hydroxylation is 1. The van der Waals surface area contributed by atoms with Gasteiger partial charge in [0, 0.05) is 10.9 Å². The highest BCUT2D eigenvalue weighted by atomic mass is 79.9. The van der Waals surface area contributed by atoms with Crippen LogP contribution in [0.3, 0.4) is 0 Å². The molecule has 3 nitrogen and oxygen atoms in total. The zero-order chi connectivity index (χ0) is 11.4. The van der Waals surface area contributed by atoms with Crippen LogP contribution in [0.4, 0.5) is 0 Å². The van der Waals surface area contributed by atoms with Crippen molar-refractivity contribution in [3.63, 3.8) is 0 Å². The molecule has 0 aliphatic heterocycles. The van der Waals surface area contributed by atoms with Crippen molar-refractivity contribution in [3.8, 4) is 0 Å². The third-order valence-electron chi connectivity index (χ3n) is 2.02. The van der Waals surface area contributed by atoms with E-state index in [0.717, 1.165) is 12.2 Å². The van der Waals surface area contributed by atoms with Crippen LogP contribution in [0.5, 0.6) is 0 Å². The molecule has 4 heteroatoms. The summed E-state index contributed by atoms with van der Waals surface area (Å²) in [5, 5.41) is 2.88. The van der Waals surface area contributed by atoms with Crippen molar-refractivity contribution in [1.29, 1.82) is 0 Å². The van der Waals surface area contributed by atoms with Gasteiger partial charge in [0.2, 0.25) is 0 Å². The number of hydrogen-bond donors (Lipinski definition) is 1. The molecule has 84 valence electrons. The van der Waals surface area contributed by atoms with Crippen molar-refractivity contribution in [2.24, 2.45) is 0 Å². The Morgan fingerprint density at radius 3 is 2.67 bits per heavy atom. The summed E-state index contributed by atoms with van der Waals surface area (Å²) < 4.78 is 5.23. The summed E-state index contributed by atoms with van der Waals surface area (Å²) in [4.78, 5) is 12.0. The number of alkyl halides is 1. The zero-order valence-corrected chi connectivity index (χ0v) is 10.8. The van der Waals surface area contributed by atoms with E-state index in [1.165, 1.54) is 0 Å². The molecule has 0 bridgehead atoms. The lowest BCUT2D eigenvalue weighted by Gasteiger charge is -2.13. The maximum absolute atomic E-state index is 11.6. The van der Waals surface area contributed by atoms with E-state index in [0.29, 0.717) is 10.6 Å². The predicted octanol–water partition coefficient (Wildman–Crippen LogP) is 2.88. The molecule has 0 saturated heterocycles. The number of amides is 1. The largest absolute Gasteiger partial charge is 0.456 e. The van der Waals surface area contributed by atoms with E-state index in [-0.39, 0.29) is 11.9 Å². The summed E-state index contributed by atoms with van der Waals surface area (Å²) in [5.41, 5.74) is 0. The second-order valence-corrected chi connectivity index (χ2v) is 5.36. The maximum Gasteiger partial charge on any atom is 0.287 e. The first kappa shape index (κ1) is 12.3. The average Bonchev–Trinajstić information content (AvgIpc) is 2.49. The Morgan fingerprint density at radius 2 is 2.20 bits per heavy atom. The van der Waals surface area contributed by atoms with Gasteiger partial charge in [0.1, 0.15) is 5.76 Å². The molecule has 1 rings (SSSR count). The Bertz CT molecular complexity index is 333. The number of furan rings is 1. The molecule has 1 N–H and O–H groups in total. The minimum absolute atomic E-state index is 0.136. The molecule has 0 saturated carbocycles. The van der Waals surface area contributed by atoms with Gasteiger partial charge in [-0.05, 0) is 32.4 Å². The van der Waals surface area contributed by atoms with Crippen LogP contribution < -0.4 is 5.32 Å². The van der Waals surface area contributed by atoms with Gasteiger partial charge < -0.3 is 9.73 Å². The van der Waals surface area contributed by atoms with E-state index in [9.17, 15) is 4.79 Å². The van der Waals surface area contributed by atoms with Gasteiger partial charge >= 0.3 is 0 Å². The Balaban J connectivity index is 2.49. The number of carbonyl (C=O) groups is 1. The van der Waals surface area contributed by atoms with E-state index in [4.69, 9.17) is 4.42 Å². The molecule has 0 fully saturated rings. The molecular formula is C11H16BrNO2. The fourth-order valence-electron chi connectivity index (χ4n) is 1.40. The van der Waals surface area contributed by atoms with E-state index < -0.39 is 0 Å². The van der Waals surface area contributed by atoms with Crippen molar-refractivity contribution in [2.75, 3.05) is 0 Å². The SMILES string of the molecule is Cc1ccc(C(=O)NC(C)CC(C)Br)o1. The summed E-state index contributed by atoms with van der Waals surface area (Å²) in [6.07, 6.45) is 0.894. The van der Waals surface area contributed by atoms with E-state index in [1.807, 2.05) is 13.8 Å². The lowest BCUT2D eigenvalue weighted by molar-refractivity contribution is 0.0909. The molecular weight excluding hydrogens is 258 g/mol. The van der Waals surface area contributed by atoms with Crippen LogP contribution >= 0.6 is 15.9 Å². The number of nitrogens with one attached hydrogen (secondary N) is 1. The fourth-order valence-corrected chi connectivity index (χ4v) is 1.96. The van der Waals surface area contributed by atoms with Crippen LogP contribution in [0.1, 0.15) is 36.6 Å². The molecule has 15 heavy (non-hydrogen) atoms. The molecule has 2 atom stereocenters. The third kappa shape index (κ3) is 4.08. The summed E-state index contributed by atoms with van der Waals surface area (Å²) in [7, 11) is 0. The molecule has 0 aliphatic carbocycles. The number of rotatable bonds is 4. The van der Waals surface area contributed by atoms with Crippen LogP contribution in [-0.4, -0.2) is 16.8 Å². The lowest BCUT2D eigenvalue weighted by atomic mass is 10.2.